The van der Waals surface area contributed by atoms with Gasteiger partial charge in [0.1, 0.15) is 0 Å². The lowest BCUT2D eigenvalue weighted by molar-refractivity contribution is 0.354. The van der Waals surface area contributed by atoms with Gasteiger partial charge in [0.25, 0.3) is 0 Å². The highest BCUT2D eigenvalue weighted by molar-refractivity contribution is 5.79. The third-order valence-electron chi connectivity index (χ3n) is 3.15. The van der Waals surface area contributed by atoms with Crippen molar-refractivity contribution in [1.29, 1.82) is 0 Å². The van der Waals surface area contributed by atoms with Crippen LogP contribution in [0.3, 0.4) is 0 Å². The highest BCUT2D eigenvalue weighted by Gasteiger charge is 2.16. The predicted molar refractivity (Wildman–Crippen MR) is 79.9 cm³/mol. The molecule has 0 radical (unpaired) electrons. The molecule has 2 heteroatoms. The molecule has 1 aromatic carbocycles. The molecule has 0 spiro atoms. The number of amidine groups is 1. The van der Waals surface area contributed by atoms with E-state index < -0.39 is 0 Å². The molecule has 0 heterocycles. The lowest BCUT2D eigenvalue weighted by atomic mass is 9.93. The van der Waals surface area contributed by atoms with Gasteiger partial charge in [-0.3, -0.25) is 4.99 Å². The minimum Gasteiger partial charge on any atom is -0.371 e. The number of benzene rings is 1. The fraction of sp³-hybridized carbons (Fsp3) is 0.562. The molecule has 100 valence electrons. The summed E-state index contributed by atoms with van der Waals surface area (Å²) in [6, 6.07) is 10.9. The van der Waals surface area contributed by atoms with Gasteiger partial charge in [0.05, 0.1) is 12.4 Å². The minimum atomic E-state index is 0.490. The maximum absolute atomic E-state index is 4.60. The predicted octanol–water partition coefficient (Wildman–Crippen LogP) is 3.88. The van der Waals surface area contributed by atoms with Crippen molar-refractivity contribution in [3.05, 3.63) is 35.9 Å². The summed E-state index contributed by atoms with van der Waals surface area (Å²) in [6.07, 6.45) is 0. The highest BCUT2D eigenvalue weighted by atomic mass is 15.0. The minimum absolute atomic E-state index is 0.490. The summed E-state index contributed by atoms with van der Waals surface area (Å²) in [6.45, 7) is 11.8. The highest BCUT2D eigenvalue weighted by Crippen LogP contribution is 2.12. The molecule has 0 atom stereocenters. The summed E-state index contributed by atoms with van der Waals surface area (Å²) in [4.78, 5) is 4.60. The number of rotatable bonds is 5. The normalized spacial score (nSPS) is 12.6. The van der Waals surface area contributed by atoms with Crippen LogP contribution in [0, 0.1) is 11.8 Å². The van der Waals surface area contributed by atoms with Crippen molar-refractivity contribution in [1.82, 2.24) is 5.32 Å². The van der Waals surface area contributed by atoms with Crippen molar-refractivity contribution < 1.29 is 0 Å². The number of aliphatic imine (C=N–C) groups is 1. The molecule has 1 rings (SSSR count). The molecule has 18 heavy (non-hydrogen) atoms. The lowest BCUT2D eigenvalue weighted by Gasteiger charge is -2.26. The van der Waals surface area contributed by atoms with Crippen LogP contribution in [0.2, 0.25) is 0 Å². The van der Waals surface area contributed by atoms with Gasteiger partial charge in [-0.25, -0.2) is 0 Å². The van der Waals surface area contributed by atoms with Gasteiger partial charge in [-0.05, 0) is 24.3 Å². The van der Waals surface area contributed by atoms with Crippen LogP contribution < -0.4 is 5.32 Å². The van der Waals surface area contributed by atoms with E-state index in [1.807, 2.05) is 6.07 Å². The van der Waals surface area contributed by atoms with Crippen LogP contribution in [0.4, 0.5) is 0 Å². The van der Waals surface area contributed by atoms with E-state index in [0.717, 1.165) is 12.4 Å². The molecule has 2 nitrogen and oxygen atoms in total. The summed E-state index contributed by atoms with van der Waals surface area (Å²) in [5.41, 5.74) is 1.25. The van der Waals surface area contributed by atoms with Gasteiger partial charge in [0.2, 0.25) is 0 Å². The van der Waals surface area contributed by atoms with E-state index in [-0.39, 0.29) is 0 Å². The van der Waals surface area contributed by atoms with Gasteiger partial charge in [-0.1, -0.05) is 58.0 Å². The van der Waals surface area contributed by atoms with E-state index in [9.17, 15) is 0 Å². The van der Waals surface area contributed by atoms with Gasteiger partial charge >= 0.3 is 0 Å². The molecule has 1 N–H and O–H groups in total. The van der Waals surface area contributed by atoms with Crippen molar-refractivity contribution >= 4 is 5.84 Å². The fourth-order valence-electron chi connectivity index (χ4n) is 2.18. The van der Waals surface area contributed by atoms with Crippen LogP contribution in [-0.2, 0) is 6.54 Å². The largest absolute Gasteiger partial charge is 0.371 e. The van der Waals surface area contributed by atoms with E-state index in [4.69, 9.17) is 0 Å². The Bertz CT molecular complexity index is 358. The van der Waals surface area contributed by atoms with Crippen LogP contribution in [0.15, 0.2) is 35.3 Å². The Hall–Kier alpha value is -1.31. The molecule has 0 aliphatic carbocycles. The molecule has 0 bridgehead atoms. The molecular weight excluding hydrogens is 220 g/mol. The van der Waals surface area contributed by atoms with Crippen LogP contribution in [0.1, 0.15) is 40.2 Å². The van der Waals surface area contributed by atoms with Gasteiger partial charge < -0.3 is 5.32 Å². The molecule has 0 amide bonds. The zero-order valence-electron chi connectivity index (χ0n) is 12.3. The van der Waals surface area contributed by atoms with Gasteiger partial charge in [-0.2, -0.15) is 0 Å². The lowest BCUT2D eigenvalue weighted by Crippen LogP contribution is -2.41. The Morgan fingerprint density at radius 1 is 1.06 bits per heavy atom. The standard InChI is InChI=1S/C16H26N2/c1-12(2)16(13(3)4)18-14(5)17-11-15-9-7-6-8-10-15/h6-10,12-13,16H,11H2,1-5H3,(H,17,18). The Labute approximate surface area is 112 Å². The average molecular weight is 246 g/mol. The number of nitrogens with zero attached hydrogens (tertiary/aromatic N) is 1. The van der Waals surface area contributed by atoms with E-state index in [2.05, 4.69) is 69.2 Å². The molecule has 0 saturated carbocycles. The van der Waals surface area contributed by atoms with Crippen molar-refractivity contribution in [2.75, 3.05) is 0 Å². The molecule has 0 fully saturated rings. The maximum Gasteiger partial charge on any atom is 0.0938 e. The third-order valence-corrected chi connectivity index (χ3v) is 3.15. The summed E-state index contributed by atoms with van der Waals surface area (Å²) in [7, 11) is 0. The number of hydrogen-bond donors (Lipinski definition) is 1. The van der Waals surface area contributed by atoms with Crippen LogP contribution in [-0.4, -0.2) is 11.9 Å². The Morgan fingerprint density at radius 3 is 2.11 bits per heavy atom. The van der Waals surface area contributed by atoms with Gasteiger partial charge in [0.15, 0.2) is 0 Å². The topological polar surface area (TPSA) is 24.4 Å². The second kappa shape index (κ2) is 7.20. The number of nitrogens with one attached hydrogen (secondary N) is 1. The monoisotopic (exact) mass is 246 g/mol. The molecule has 0 aliphatic heterocycles. The second-order valence-electron chi connectivity index (χ2n) is 5.55. The number of hydrogen-bond acceptors (Lipinski definition) is 1. The summed E-state index contributed by atoms with van der Waals surface area (Å²) in [5, 5.41) is 3.54. The molecule has 1 aromatic rings. The van der Waals surface area contributed by atoms with Crippen molar-refractivity contribution in [2.24, 2.45) is 16.8 Å². The summed E-state index contributed by atoms with van der Waals surface area (Å²) < 4.78 is 0. The molecule has 0 aromatic heterocycles. The van der Waals surface area contributed by atoms with Crippen molar-refractivity contribution in [3.8, 4) is 0 Å². The third kappa shape index (κ3) is 4.91. The molecular formula is C16H26N2. The maximum atomic E-state index is 4.60. The van der Waals surface area contributed by atoms with Gasteiger partial charge in [0, 0.05) is 6.04 Å². The van der Waals surface area contributed by atoms with Crippen LogP contribution in [0.25, 0.3) is 0 Å². The van der Waals surface area contributed by atoms with E-state index in [0.29, 0.717) is 17.9 Å². The van der Waals surface area contributed by atoms with E-state index in [1.165, 1.54) is 5.56 Å². The van der Waals surface area contributed by atoms with Gasteiger partial charge in [-0.15, -0.1) is 0 Å². The SMILES string of the molecule is CC(=NCc1ccccc1)NC(C(C)C)C(C)C. The van der Waals surface area contributed by atoms with E-state index >= 15 is 0 Å². The van der Waals surface area contributed by atoms with Crippen molar-refractivity contribution in [2.45, 2.75) is 47.2 Å². The van der Waals surface area contributed by atoms with Crippen LogP contribution in [0.5, 0.6) is 0 Å². The van der Waals surface area contributed by atoms with Crippen molar-refractivity contribution in [3.63, 3.8) is 0 Å². The quantitative estimate of drug-likeness (QED) is 0.619. The smallest absolute Gasteiger partial charge is 0.0938 e. The first-order chi connectivity index (χ1) is 8.50. The summed E-state index contributed by atoms with van der Waals surface area (Å²) >= 11 is 0. The first-order valence-corrected chi connectivity index (χ1v) is 6.82. The Balaban J connectivity index is 2.56. The zero-order chi connectivity index (χ0) is 13.5. The summed E-state index contributed by atoms with van der Waals surface area (Å²) in [5.74, 6) is 2.27. The first kappa shape index (κ1) is 14.7. The first-order valence-electron chi connectivity index (χ1n) is 6.82. The molecule has 0 aliphatic rings. The Morgan fingerprint density at radius 2 is 1.61 bits per heavy atom. The zero-order valence-corrected chi connectivity index (χ0v) is 12.3. The molecule has 0 saturated heterocycles. The average Bonchev–Trinajstić information content (AvgIpc) is 2.34. The van der Waals surface area contributed by atoms with Crippen LogP contribution >= 0.6 is 0 Å². The fourth-order valence-corrected chi connectivity index (χ4v) is 2.18. The Kier molecular flexibility index (Phi) is 5.90. The van der Waals surface area contributed by atoms with E-state index in [1.54, 1.807) is 0 Å². The second-order valence-corrected chi connectivity index (χ2v) is 5.55. The molecule has 0 unspecified atom stereocenters.